The molecule has 0 heterocycles. The summed E-state index contributed by atoms with van der Waals surface area (Å²) in [7, 11) is 0. The van der Waals surface area contributed by atoms with E-state index in [-0.39, 0.29) is 18.4 Å². The molecule has 0 saturated heterocycles. The van der Waals surface area contributed by atoms with E-state index >= 15 is 0 Å². The van der Waals surface area contributed by atoms with Crippen LogP contribution in [0, 0.1) is 0 Å². The molecular weight excluding hydrogens is 398 g/mol. The fourth-order valence-electron chi connectivity index (χ4n) is 2.75. The molecular formula is C23H27N3O5. The summed E-state index contributed by atoms with van der Waals surface area (Å²) in [4.78, 5) is 48.8. The lowest BCUT2D eigenvalue weighted by atomic mass is 10.0. The van der Waals surface area contributed by atoms with Gasteiger partial charge in [-0.15, -0.1) is 0 Å². The predicted octanol–water partition coefficient (Wildman–Crippen LogP) is 2.71. The number of rotatable bonds is 8. The molecule has 2 atom stereocenters. The highest BCUT2D eigenvalue weighted by Gasteiger charge is 2.24. The van der Waals surface area contributed by atoms with Crippen molar-refractivity contribution >= 4 is 23.8 Å². The first kappa shape index (κ1) is 23.6. The summed E-state index contributed by atoms with van der Waals surface area (Å²) in [6, 6.07) is 16.2. The third-order valence-corrected chi connectivity index (χ3v) is 4.25. The van der Waals surface area contributed by atoms with Gasteiger partial charge in [0.15, 0.2) is 6.10 Å². The first-order valence-corrected chi connectivity index (χ1v) is 9.98. The summed E-state index contributed by atoms with van der Waals surface area (Å²) in [5.41, 5.74) is 1.18. The van der Waals surface area contributed by atoms with Crippen LogP contribution < -0.4 is 16.0 Å². The number of ether oxygens (including phenoxy) is 1. The number of nitrogens with one attached hydrogen (secondary N) is 3. The Bertz CT molecular complexity index is 900. The van der Waals surface area contributed by atoms with Crippen LogP contribution in [0.25, 0.3) is 0 Å². The van der Waals surface area contributed by atoms with E-state index < -0.39 is 30.1 Å². The molecule has 0 fully saturated rings. The molecule has 2 aromatic rings. The molecule has 3 N–H and O–H groups in total. The lowest BCUT2D eigenvalue weighted by molar-refractivity contribution is -0.154. The molecule has 31 heavy (non-hydrogen) atoms. The highest BCUT2D eigenvalue weighted by molar-refractivity contribution is 5.97. The van der Waals surface area contributed by atoms with Gasteiger partial charge in [-0.1, -0.05) is 48.5 Å². The normalized spacial score (nSPS) is 12.4. The molecule has 2 rings (SSSR count). The van der Waals surface area contributed by atoms with Gasteiger partial charge in [0.25, 0.3) is 11.8 Å². The van der Waals surface area contributed by atoms with Gasteiger partial charge >= 0.3 is 12.0 Å². The summed E-state index contributed by atoms with van der Waals surface area (Å²) in [6.45, 7) is 4.87. The molecule has 0 spiro atoms. The molecule has 164 valence electrons. The van der Waals surface area contributed by atoms with Crippen LogP contribution in [0.3, 0.4) is 0 Å². The zero-order valence-corrected chi connectivity index (χ0v) is 17.8. The second-order valence-electron chi connectivity index (χ2n) is 7.26. The minimum absolute atomic E-state index is 0.148. The Labute approximate surface area is 181 Å². The summed E-state index contributed by atoms with van der Waals surface area (Å²) in [5, 5.41) is 7.47. The molecule has 0 aliphatic carbocycles. The molecule has 2 aromatic carbocycles. The summed E-state index contributed by atoms with van der Waals surface area (Å²) < 4.78 is 5.18. The minimum Gasteiger partial charge on any atom is -0.452 e. The molecule has 0 aliphatic rings. The maximum atomic E-state index is 12.6. The van der Waals surface area contributed by atoms with Crippen molar-refractivity contribution in [2.24, 2.45) is 0 Å². The number of imide groups is 1. The first-order valence-electron chi connectivity index (χ1n) is 9.98. The smallest absolute Gasteiger partial charge is 0.321 e. The highest BCUT2D eigenvalue weighted by atomic mass is 16.5. The second kappa shape index (κ2) is 11.5. The summed E-state index contributed by atoms with van der Waals surface area (Å²) in [6.07, 6.45) is -1.36. The average Bonchev–Trinajstić information content (AvgIpc) is 2.73. The van der Waals surface area contributed by atoms with Gasteiger partial charge in [-0.3, -0.25) is 19.7 Å². The number of hydrogen-bond acceptors (Lipinski definition) is 5. The SMILES string of the molecule is CC(C)NC(=O)NC(=O)[C@H](C)OC(=O)C[C@@H](NC(=O)c1ccccc1)c1ccccc1. The molecule has 0 radical (unpaired) electrons. The van der Waals surface area contributed by atoms with Crippen molar-refractivity contribution in [2.45, 2.75) is 45.4 Å². The van der Waals surface area contributed by atoms with E-state index in [1.54, 1.807) is 68.4 Å². The van der Waals surface area contributed by atoms with Crippen molar-refractivity contribution in [3.05, 3.63) is 71.8 Å². The van der Waals surface area contributed by atoms with Crippen LogP contribution in [0.4, 0.5) is 4.79 Å². The molecule has 0 aliphatic heterocycles. The van der Waals surface area contributed by atoms with Crippen LogP contribution >= 0.6 is 0 Å². The molecule has 0 aromatic heterocycles. The van der Waals surface area contributed by atoms with E-state index in [9.17, 15) is 19.2 Å². The molecule has 8 heteroatoms. The lowest BCUT2D eigenvalue weighted by Crippen LogP contribution is -2.46. The van der Waals surface area contributed by atoms with Gasteiger partial charge < -0.3 is 15.4 Å². The Balaban J connectivity index is 2.01. The van der Waals surface area contributed by atoms with E-state index in [0.717, 1.165) is 5.56 Å². The van der Waals surface area contributed by atoms with Gasteiger partial charge in [0, 0.05) is 11.6 Å². The van der Waals surface area contributed by atoms with Crippen LogP contribution in [-0.2, 0) is 14.3 Å². The van der Waals surface area contributed by atoms with E-state index in [0.29, 0.717) is 5.56 Å². The highest BCUT2D eigenvalue weighted by Crippen LogP contribution is 2.18. The van der Waals surface area contributed by atoms with Crippen LogP contribution in [0.2, 0.25) is 0 Å². The Morgan fingerprint density at radius 1 is 0.839 bits per heavy atom. The standard InChI is InChI=1S/C23H27N3O5/c1-15(2)24-23(30)26-21(28)16(3)31-20(27)14-19(17-10-6-4-7-11-17)25-22(29)18-12-8-5-9-13-18/h4-13,15-16,19H,14H2,1-3H3,(H,25,29)(H2,24,26,28,30)/t16-,19+/m0/s1. The third-order valence-electron chi connectivity index (χ3n) is 4.25. The van der Waals surface area contributed by atoms with Gasteiger partial charge in [0.05, 0.1) is 12.5 Å². The van der Waals surface area contributed by atoms with Crippen LogP contribution in [0.5, 0.6) is 0 Å². The van der Waals surface area contributed by atoms with Gasteiger partial charge in [-0.2, -0.15) is 0 Å². The molecule has 0 bridgehead atoms. The molecule has 0 saturated carbocycles. The molecule has 4 amide bonds. The Morgan fingerprint density at radius 2 is 1.42 bits per heavy atom. The Hall–Kier alpha value is -3.68. The fraction of sp³-hybridized carbons (Fsp3) is 0.304. The Morgan fingerprint density at radius 3 is 2.00 bits per heavy atom. The van der Waals surface area contributed by atoms with Crippen LogP contribution in [-0.4, -0.2) is 36.0 Å². The minimum atomic E-state index is -1.17. The number of carbonyl (C=O) groups is 4. The van der Waals surface area contributed by atoms with Gasteiger partial charge in [0.2, 0.25) is 0 Å². The zero-order chi connectivity index (χ0) is 22.8. The van der Waals surface area contributed by atoms with Gasteiger partial charge in [-0.25, -0.2) is 4.79 Å². The number of urea groups is 1. The van der Waals surface area contributed by atoms with Crippen molar-refractivity contribution in [1.82, 2.24) is 16.0 Å². The van der Waals surface area contributed by atoms with Crippen LogP contribution in [0.1, 0.15) is 49.2 Å². The number of benzene rings is 2. The van der Waals surface area contributed by atoms with E-state index in [1.807, 2.05) is 6.07 Å². The molecule has 8 nitrogen and oxygen atoms in total. The average molecular weight is 425 g/mol. The van der Waals surface area contributed by atoms with E-state index in [4.69, 9.17) is 4.74 Å². The summed E-state index contributed by atoms with van der Waals surface area (Å²) >= 11 is 0. The lowest BCUT2D eigenvalue weighted by Gasteiger charge is -2.20. The monoisotopic (exact) mass is 425 g/mol. The topological polar surface area (TPSA) is 114 Å². The van der Waals surface area contributed by atoms with Crippen molar-refractivity contribution in [2.75, 3.05) is 0 Å². The number of esters is 1. The predicted molar refractivity (Wildman–Crippen MR) is 115 cm³/mol. The Kier molecular flexibility index (Phi) is 8.75. The van der Waals surface area contributed by atoms with Crippen molar-refractivity contribution in [3.8, 4) is 0 Å². The number of carbonyl (C=O) groups excluding carboxylic acids is 4. The molecule has 0 unspecified atom stereocenters. The largest absolute Gasteiger partial charge is 0.452 e. The quantitative estimate of drug-likeness (QED) is 0.563. The van der Waals surface area contributed by atoms with Crippen molar-refractivity contribution in [3.63, 3.8) is 0 Å². The second-order valence-corrected chi connectivity index (χ2v) is 7.26. The van der Waals surface area contributed by atoms with Crippen molar-refractivity contribution < 1.29 is 23.9 Å². The fourth-order valence-corrected chi connectivity index (χ4v) is 2.75. The van der Waals surface area contributed by atoms with Gasteiger partial charge in [-0.05, 0) is 38.5 Å². The maximum Gasteiger partial charge on any atom is 0.321 e. The number of hydrogen-bond donors (Lipinski definition) is 3. The maximum absolute atomic E-state index is 12.6. The van der Waals surface area contributed by atoms with E-state index in [1.165, 1.54) is 6.92 Å². The van der Waals surface area contributed by atoms with E-state index in [2.05, 4.69) is 16.0 Å². The number of amides is 4. The van der Waals surface area contributed by atoms with Crippen LogP contribution in [0.15, 0.2) is 60.7 Å². The van der Waals surface area contributed by atoms with Gasteiger partial charge in [0.1, 0.15) is 0 Å². The zero-order valence-electron chi connectivity index (χ0n) is 17.8. The van der Waals surface area contributed by atoms with Crippen molar-refractivity contribution in [1.29, 1.82) is 0 Å². The third kappa shape index (κ3) is 7.93. The summed E-state index contributed by atoms with van der Waals surface area (Å²) in [5.74, 6) is -1.76. The first-order chi connectivity index (χ1) is 14.8.